The first kappa shape index (κ1) is 22.0. The van der Waals surface area contributed by atoms with Gasteiger partial charge in [-0.05, 0) is 73.7 Å². The van der Waals surface area contributed by atoms with E-state index < -0.39 is 10.0 Å². The average Bonchev–Trinajstić information content (AvgIpc) is 3.20. The quantitative estimate of drug-likeness (QED) is 0.714. The Morgan fingerprint density at radius 1 is 1.00 bits per heavy atom. The molecule has 0 saturated carbocycles. The highest BCUT2D eigenvalue weighted by atomic mass is 32.2. The Balaban J connectivity index is 1.36. The van der Waals surface area contributed by atoms with Crippen LogP contribution in [0, 0.1) is 5.92 Å². The number of likely N-dealkylation sites (tertiary alicyclic amines) is 1. The summed E-state index contributed by atoms with van der Waals surface area (Å²) in [7, 11) is -3.62. The molecule has 7 heteroatoms. The van der Waals surface area contributed by atoms with E-state index in [1.165, 1.54) is 18.4 Å². The van der Waals surface area contributed by atoms with E-state index in [0.717, 1.165) is 43.2 Å². The second kappa shape index (κ2) is 9.51. The van der Waals surface area contributed by atoms with Crippen LogP contribution in [0.3, 0.4) is 0 Å². The van der Waals surface area contributed by atoms with Crippen molar-refractivity contribution >= 4 is 21.6 Å². The molecule has 2 aromatic carbocycles. The van der Waals surface area contributed by atoms with Crippen LogP contribution in [0.2, 0.25) is 0 Å². The van der Waals surface area contributed by atoms with Crippen molar-refractivity contribution in [2.45, 2.75) is 50.6 Å². The van der Waals surface area contributed by atoms with Gasteiger partial charge in [0.1, 0.15) is 0 Å². The normalized spacial score (nSPS) is 18.6. The van der Waals surface area contributed by atoms with Gasteiger partial charge in [-0.3, -0.25) is 9.69 Å². The number of nitrogens with zero attached hydrogens (tertiary/aromatic N) is 2. The molecule has 6 nitrogen and oxygen atoms in total. The molecular formula is C24H31N3O3S. The number of anilines is 1. The molecule has 2 aliphatic heterocycles. The third-order valence-corrected chi connectivity index (χ3v) is 7.69. The Bertz CT molecular complexity index is 1010. The number of benzene rings is 2. The Kier molecular flexibility index (Phi) is 6.74. The molecule has 2 heterocycles. The molecule has 0 bridgehead atoms. The maximum absolute atomic E-state index is 12.7. The van der Waals surface area contributed by atoms with Gasteiger partial charge in [0.2, 0.25) is 15.9 Å². The number of carbonyl (C=O) groups is 1. The van der Waals surface area contributed by atoms with Crippen LogP contribution in [-0.4, -0.2) is 38.9 Å². The van der Waals surface area contributed by atoms with E-state index in [1.54, 1.807) is 29.2 Å². The van der Waals surface area contributed by atoms with Gasteiger partial charge in [-0.15, -0.1) is 0 Å². The molecular weight excluding hydrogens is 410 g/mol. The van der Waals surface area contributed by atoms with Crippen LogP contribution in [0.4, 0.5) is 5.69 Å². The SMILES string of the molecule is CC1CCN(Cc2cccc(CNS(=O)(=O)c3ccc(N4CCCC4=O)cc3)c2)CC1. The minimum atomic E-state index is -3.62. The van der Waals surface area contributed by atoms with Crippen molar-refractivity contribution in [3.63, 3.8) is 0 Å². The molecule has 4 rings (SSSR count). The first-order valence-corrected chi connectivity index (χ1v) is 12.6. The van der Waals surface area contributed by atoms with Gasteiger partial charge < -0.3 is 4.90 Å². The number of hydrogen-bond acceptors (Lipinski definition) is 4. The van der Waals surface area contributed by atoms with Crippen molar-refractivity contribution in [1.29, 1.82) is 0 Å². The molecule has 0 atom stereocenters. The van der Waals surface area contributed by atoms with E-state index in [2.05, 4.69) is 28.7 Å². The minimum absolute atomic E-state index is 0.0904. The van der Waals surface area contributed by atoms with Crippen LogP contribution in [0.5, 0.6) is 0 Å². The lowest BCUT2D eigenvalue weighted by Crippen LogP contribution is -2.32. The largest absolute Gasteiger partial charge is 0.312 e. The fourth-order valence-corrected chi connectivity index (χ4v) is 5.32. The number of piperidine rings is 1. The molecule has 1 N–H and O–H groups in total. The van der Waals surface area contributed by atoms with Crippen LogP contribution >= 0.6 is 0 Å². The molecule has 166 valence electrons. The van der Waals surface area contributed by atoms with Gasteiger partial charge in [0.15, 0.2) is 0 Å². The third kappa shape index (κ3) is 5.53. The lowest BCUT2D eigenvalue weighted by atomic mass is 9.98. The summed E-state index contributed by atoms with van der Waals surface area (Å²) in [6.45, 7) is 6.40. The summed E-state index contributed by atoms with van der Waals surface area (Å²) < 4.78 is 28.2. The lowest BCUT2D eigenvalue weighted by molar-refractivity contribution is -0.117. The second-order valence-corrected chi connectivity index (χ2v) is 10.5. The molecule has 0 spiro atoms. The standard InChI is InChI=1S/C24H31N3O3S/c1-19-11-14-26(15-12-19)18-21-5-2-4-20(16-21)17-25-31(29,30)23-9-7-22(8-10-23)27-13-3-6-24(27)28/h2,4-5,7-10,16,19,25H,3,6,11-15,17-18H2,1H3. The number of sulfonamides is 1. The monoisotopic (exact) mass is 441 g/mol. The third-order valence-electron chi connectivity index (χ3n) is 6.27. The van der Waals surface area contributed by atoms with Crippen molar-refractivity contribution in [2.75, 3.05) is 24.5 Å². The highest BCUT2D eigenvalue weighted by molar-refractivity contribution is 7.89. The van der Waals surface area contributed by atoms with Crippen molar-refractivity contribution in [3.8, 4) is 0 Å². The summed E-state index contributed by atoms with van der Waals surface area (Å²) >= 11 is 0. The summed E-state index contributed by atoms with van der Waals surface area (Å²) in [6.07, 6.45) is 3.88. The van der Waals surface area contributed by atoms with Gasteiger partial charge in [-0.25, -0.2) is 13.1 Å². The van der Waals surface area contributed by atoms with E-state index in [-0.39, 0.29) is 17.3 Å². The van der Waals surface area contributed by atoms with E-state index in [4.69, 9.17) is 0 Å². The van der Waals surface area contributed by atoms with E-state index >= 15 is 0 Å². The zero-order valence-electron chi connectivity index (χ0n) is 18.1. The Morgan fingerprint density at radius 3 is 2.39 bits per heavy atom. The van der Waals surface area contributed by atoms with Crippen molar-refractivity contribution in [2.24, 2.45) is 5.92 Å². The minimum Gasteiger partial charge on any atom is -0.312 e. The van der Waals surface area contributed by atoms with Gasteiger partial charge in [0, 0.05) is 31.7 Å². The maximum atomic E-state index is 12.7. The molecule has 2 saturated heterocycles. The Morgan fingerprint density at radius 2 is 1.71 bits per heavy atom. The molecule has 0 radical (unpaired) electrons. The lowest BCUT2D eigenvalue weighted by Gasteiger charge is -2.30. The molecule has 0 unspecified atom stereocenters. The van der Waals surface area contributed by atoms with Crippen molar-refractivity contribution in [3.05, 3.63) is 59.7 Å². The summed E-state index contributed by atoms with van der Waals surface area (Å²) in [6, 6.07) is 14.7. The smallest absolute Gasteiger partial charge is 0.240 e. The highest BCUT2D eigenvalue weighted by Crippen LogP contribution is 2.23. The maximum Gasteiger partial charge on any atom is 0.240 e. The number of carbonyl (C=O) groups excluding carboxylic acids is 1. The molecule has 2 aromatic rings. The van der Waals surface area contributed by atoms with Crippen LogP contribution in [0.25, 0.3) is 0 Å². The molecule has 2 fully saturated rings. The van der Waals surface area contributed by atoms with Gasteiger partial charge in [0.25, 0.3) is 0 Å². The van der Waals surface area contributed by atoms with Crippen LogP contribution in [0.15, 0.2) is 53.4 Å². The fourth-order valence-electron chi connectivity index (χ4n) is 4.30. The highest BCUT2D eigenvalue weighted by Gasteiger charge is 2.22. The number of amides is 1. The van der Waals surface area contributed by atoms with E-state index in [0.29, 0.717) is 13.0 Å². The summed E-state index contributed by atoms with van der Waals surface area (Å²) in [4.78, 5) is 16.3. The Hall–Kier alpha value is -2.22. The topological polar surface area (TPSA) is 69.7 Å². The van der Waals surface area contributed by atoms with E-state index in [1.807, 2.05) is 12.1 Å². The molecule has 31 heavy (non-hydrogen) atoms. The van der Waals surface area contributed by atoms with Crippen LogP contribution in [0.1, 0.15) is 43.7 Å². The first-order chi connectivity index (χ1) is 14.9. The zero-order valence-corrected chi connectivity index (χ0v) is 18.9. The average molecular weight is 442 g/mol. The second-order valence-electron chi connectivity index (χ2n) is 8.75. The fraction of sp³-hybridized carbons (Fsp3) is 0.458. The summed E-state index contributed by atoms with van der Waals surface area (Å²) in [5.41, 5.74) is 2.91. The van der Waals surface area contributed by atoms with Gasteiger partial charge >= 0.3 is 0 Å². The number of nitrogens with one attached hydrogen (secondary N) is 1. The zero-order chi connectivity index (χ0) is 21.8. The summed E-state index contributed by atoms with van der Waals surface area (Å²) in [5, 5.41) is 0. The first-order valence-electron chi connectivity index (χ1n) is 11.1. The van der Waals surface area contributed by atoms with Crippen LogP contribution in [-0.2, 0) is 27.9 Å². The molecule has 0 aliphatic carbocycles. The van der Waals surface area contributed by atoms with Crippen molar-refractivity contribution < 1.29 is 13.2 Å². The predicted octanol–water partition coefficient (Wildman–Crippen LogP) is 3.52. The number of rotatable bonds is 7. The molecule has 1 amide bonds. The van der Waals surface area contributed by atoms with Gasteiger partial charge in [-0.1, -0.05) is 31.2 Å². The van der Waals surface area contributed by atoms with Crippen LogP contribution < -0.4 is 9.62 Å². The van der Waals surface area contributed by atoms with Crippen molar-refractivity contribution in [1.82, 2.24) is 9.62 Å². The van der Waals surface area contributed by atoms with Gasteiger partial charge in [-0.2, -0.15) is 0 Å². The molecule has 2 aliphatic rings. The predicted molar refractivity (Wildman–Crippen MR) is 122 cm³/mol. The molecule has 0 aromatic heterocycles. The van der Waals surface area contributed by atoms with E-state index in [9.17, 15) is 13.2 Å². The Labute approximate surface area is 185 Å². The number of hydrogen-bond donors (Lipinski definition) is 1. The summed E-state index contributed by atoms with van der Waals surface area (Å²) in [5.74, 6) is 0.898. The van der Waals surface area contributed by atoms with Gasteiger partial charge in [0.05, 0.1) is 4.90 Å².